The number of aliphatic carboxylic acids is 1. The van der Waals surface area contributed by atoms with E-state index in [0.717, 1.165) is 4.90 Å². The second kappa shape index (κ2) is 6.27. The molecule has 3 aromatic rings. The molecule has 0 radical (unpaired) electrons. The van der Waals surface area contributed by atoms with E-state index in [-0.39, 0.29) is 28.1 Å². The number of hydrogen-bond acceptors (Lipinski definition) is 8. The Morgan fingerprint density at radius 3 is 2.65 bits per heavy atom. The molecule has 31 heavy (non-hydrogen) atoms. The Balaban J connectivity index is 1.96. The molecular weight excluding hydrogens is 402 g/mol. The first-order chi connectivity index (χ1) is 14.9. The number of carbonyl (C=O) groups is 2. The SMILES string of the molecule is N#CC1C(=N)Oc2c(c(=O)oc3ccccc23)C12C(=O)N(CC(=O)[O-])c1ccccc12. The summed E-state index contributed by atoms with van der Waals surface area (Å²) in [6.07, 6.45) is 0. The summed E-state index contributed by atoms with van der Waals surface area (Å²) < 4.78 is 11.0. The van der Waals surface area contributed by atoms with Gasteiger partial charge in [0.15, 0.2) is 5.75 Å². The molecular formula is C22H12N3O6-. The molecule has 2 atom stereocenters. The van der Waals surface area contributed by atoms with Crippen molar-refractivity contribution >= 4 is 34.4 Å². The molecule has 1 aromatic heterocycles. The number of para-hydroxylation sites is 2. The average molecular weight is 414 g/mol. The van der Waals surface area contributed by atoms with Gasteiger partial charge < -0.3 is 24.0 Å². The fourth-order valence-corrected chi connectivity index (χ4v) is 4.52. The second-order valence-electron chi connectivity index (χ2n) is 7.21. The molecule has 0 aliphatic carbocycles. The van der Waals surface area contributed by atoms with Crippen LogP contribution in [0.4, 0.5) is 5.69 Å². The van der Waals surface area contributed by atoms with Crippen LogP contribution < -0.4 is 20.4 Å². The smallest absolute Gasteiger partial charge is 0.344 e. The molecule has 1 N–H and O–H groups in total. The largest absolute Gasteiger partial charge is 0.548 e. The number of carboxylic acids is 1. The van der Waals surface area contributed by atoms with Crippen molar-refractivity contribution in [3.05, 3.63) is 70.1 Å². The highest BCUT2D eigenvalue weighted by Gasteiger charge is 2.64. The van der Waals surface area contributed by atoms with Gasteiger partial charge in [0.1, 0.15) is 22.5 Å². The normalized spacial score (nSPS) is 21.5. The number of nitrogens with one attached hydrogen (secondary N) is 1. The topological polar surface area (TPSA) is 148 Å². The molecule has 9 heteroatoms. The molecule has 1 spiro atoms. The number of amides is 1. The van der Waals surface area contributed by atoms with Crippen LogP contribution >= 0.6 is 0 Å². The Morgan fingerprint density at radius 1 is 1.19 bits per heavy atom. The Morgan fingerprint density at radius 2 is 1.90 bits per heavy atom. The van der Waals surface area contributed by atoms with Crippen molar-refractivity contribution in [1.29, 1.82) is 10.7 Å². The number of carbonyl (C=O) groups excluding carboxylic acids is 2. The van der Waals surface area contributed by atoms with Gasteiger partial charge in [-0.15, -0.1) is 0 Å². The van der Waals surface area contributed by atoms with Crippen molar-refractivity contribution in [2.75, 3.05) is 11.4 Å². The standard InChI is InChI=1S/C22H13N3O6/c23-9-13-19(24)31-18-11-5-1-4-8-15(11)30-20(28)17(18)22(13)12-6-2-3-7-14(12)25(21(22)29)10-16(26)27/h1-8,13,24H,10H2,(H,26,27)/p-1. The van der Waals surface area contributed by atoms with Gasteiger partial charge in [-0.25, -0.2) is 4.79 Å². The number of anilines is 1. The van der Waals surface area contributed by atoms with Crippen LogP contribution in [0.15, 0.2) is 57.7 Å². The third kappa shape index (κ3) is 2.24. The van der Waals surface area contributed by atoms with Crippen LogP contribution in [0.3, 0.4) is 0 Å². The molecule has 0 saturated carbocycles. The van der Waals surface area contributed by atoms with Crippen LogP contribution in [0.1, 0.15) is 11.1 Å². The lowest BCUT2D eigenvalue weighted by Crippen LogP contribution is -2.55. The van der Waals surface area contributed by atoms with Gasteiger partial charge in [0.05, 0.1) is 24.0 Å². The molecule has 0 fully saturated rings. The molecule has 0 saturated heterocycles. The van der Waals surface area contributed by atoms with Crippen molar-refractivity contribution in [1.82, 2.24) is 0 Å². The van der Waals surface area contributed by atoms with Crippen LogP contribution in [0, 0.1) is 22.7 Å². The summed E-state index contributed by atoms with van der Waals surface area (Å²) in [5.41, 5.74) is -2.49. The highest BCUT2D eigenvalue weighted by molar-refractivity contribution is 6.16. The second-order valence-corrected chi connectivity index (χ2v) is 7.21. The molecule has 9 nitrogen and oxygen atoms in total. The number of nitrogens with zero attached hydrogens (tertiary/aromatic N) is 2. The maximum absolute atomic E-state index is 13.8. The summed E-state index contributed by atoms with van der Waals surface area (Å²) in [5, 5.41) is 30.0. The predicted octanol–water partition coefficient (Wildman–Crippen LogP) is 0.685. The third-order valence-electron chi connectivity index (χ3n) is 5.69. The zero-order valence-electron chi connectivity index (χ0n) is 15.7. The fraction of sp³-hybridized carbons (Fsp3) is 0.136. The number of rotatable bonds is 2. The molecule has 0 bridgehead atoms. The molecule has 2 aliphatic heterocycles. The summed E-state index contributed by atoms with van der Waals surface area (Å²) in [7, 11) is 0. The maximum atomic E-state index is 13.8. The van der Waals surface area contributed by atoms with Gasteiger partial charge in [-0.3, -0.25) is 10.2 Å². The summed E-state index contributed by atoms with van der Waals surface area (Å²) >= 11 is 0. The van der Waals surface area contributed by atoms with E-state index in [2.05, 4.69) is 0 Å². The van der Waals surface area contributed by atoms with Gasteiger partial charge in [-0.05, 0) is 23.8 Å². The number of hydrogen-bond donors (Lipinski definition) is 1. The maximum Gasteiger partial charge on any atom is 0.344 e. The van der Waals surface area contributed by atoms with E-state index in [1.165, 1.54) is 12.1 Å². The van der Waals surface area contributed by atoms with E-state index in [1.54, 1.807) is 36.4 Å². The fourth-order valence-electron chi connectivity index (χ4n) is 4.52. The Kier molecular flexibility index (Phi) is 3.76. The molecule has 5 rings (SSSR count). The van der Waals surface area contributed by atoms with E-state index < -0.39 is 41.3 Å². The predicted molar refractivity (Wildman–Crippen MR) is 105 cm³/mol. The first-order valence-corrected chi connectivity index (χ1v) is 9.24. The van der Waals surface area contributed by atoms with Crippen LogP contribution in [-0.4, -0.2) is 24.3 Å². The lowest BCUT2D eigenvalue weighted by molar-refractivity contribution is -0.303. The third-order valence-corrected chi connectivity index (χ3v) is 5.69. The van der Waals surface area contributed by atoms with E-state index in [1.807, 2.05) is 6.07 Å². The molecule has 2 aliphatic rings. The lowest BCUT2D eigenvalue weighted by Gasteiger charge is -2.37. The van der Waals surface area contributed by atoms with Gasteiger partial charge in [0.25, 0.3) is 0 Å². The van der Waals surface area contributed by atoms with Gasteiger partial charge in [0.2, 0.25) is 11.8 Å². The monoisotopic (exact) mass is 414 g/mol. The van der Waals surface area contributed by atoms with E-state index in [4.69, 9.17) is 14.6 Å². The van der Waals surface area contributed by atoms with Crippen molar-refractivity contribution in [2.45, 2.75) is 5.41 Å². The van der Waals surface area contributed by atoms with Crippen LogP contribution in [0.25, 0.3) is 11.0 Å². The van der Waals surface area contributed by atoms with Gasteiger partial charge in [0, 0.05) is 5.69 Å². The van der Waals surface area contributed by atoms with Crippen LogP contribution in [-0.2, 0) is 15.0 Å². The highest BCUT2D eigenvalue weighted by Crippen LogP contribution is 2.55. The summed E-state index contributed by atoms with van der Waals surface area (Å²) in [5.74, 6) is -4.43. The van der Waals surface area contributed by atoms with E-state index in [0.29, 0.717) is 5.39 Å². The van der Waals surface area contributed by atoms with Gasteiger partial charge >= 0.3 is 5.63 Å². The van der Waals surface area contributed by atoms with Crippen molar-refractivity contribution < 1.29 is 23.8 Å². The zero-order chi connectivity index (χ0) is 21.9. The quantitative estimate of drug-likeness (QED) is 0.607. The first kappa shape index (κ1) is 18.6. The van der Waals surface area contributed by atoms with Gasteiger partial charge in [-0.1, -0.05) is 30.3 Å². The van der Waals surface area contributed by atoms with Crippen molar-refractivity contribution in [3.63, 3.8) is 0 Å². The number of benzene rings is 2. The summed E-state index contributed by atoms with van der Waals surface area (Å²) in [4.78, 5) is 39.3. The highest BCUT2D eigenvalue weighted by atomic mass is 16.5. The molecule has 2 aromatic carbocycles. The van der Waals surface area contributed by atoms with Crippen molar-refractivity contribution in [2.24, 2.45) is 5.92 Å². The minimum absolute atomic E-state index is 0.0539. The summed E-state index contributed by atoms with van der Waals surface area (Å²) in [6, 6.07) is 14.6. The van der Waals surface area contributed by atoms with Crippen LogP contribution in [0.2, 0.25) is 0 Å². The Hall–Kier alpha value is -4.45. The van der Waals surface area contributed by atoms with Crippen LogP contribution in [0.5, 0.6) is 5.75 Å². The average Bonchev–Trinajstić information content (AvgIpc) is 2.97. The van der Waals surface area contributed by atoms with E-state index >= 15 is 0 Å². The minimum atomic E-state index is -1.99. The van der Waals surface area contributed by atoms with Crippen molar-refractivity contribution in [3.8, 4) is 11.8 Å². The summed E-state index contributed by atoms with van der Waals surface area (Å²) in [6.45, 7) is -0.780. The Labute approximate surface area is 174 Å². The molecule has 1 amide bonds. The number of nitriles is 1. The lowest BCUT2D eigenvalue weighted by atomic mass is 9.65. The number of ether oxygens (including phenoxy) is 1. The Bertz CT molecular complexity index is 1420. The number of fused-ring (bicyclic) bond motifs is 6. The van der Waals surface area contributed by atoms with Gasteiger partial charge in [-0.2, -0.15) is 5.26 Å². The first-order valence-electron chi connectivity index (χ1n) is 9.24. The molecule has 2 unspecified atom stereocenters. The number of carboxylic acid groups (broad SMARTS) is 1. The zero-order valence-corrected chi connectivity index (χ0v) is 15.7. The molecule has 152 valence electrons. The minimum Gasteiger partial charge on any atom is -0.548 e. The van der Waals surface area contributed by atoms with E-state index in [9.17, 15) is 24.8 Å². The molecule has 3 heterocycles.